The zero-order valence-electron chi connectivity index (χ0n) is 16.8. The van der Waals surface area contributed by atoms with Crippen molar-refractivity contribution in [1.82, 2.24) is 0 Å². The number of carbonyl (C=O) groups excluding carboxylic acids is 2. The Morgan fingerprint density at radius 3 is 2.43 bits per heavy atom. The van der Waals surface area contributed by atoms with Gasteiger partial charge in [-0.2, -0.15) is 0 Å². The first-order valence-corrected chi connectivity index (χ1v) is 9.35. The van der Waals surface area contributed by atoms with Crippen LogP contribution in [0.2, 0.25) is 0 Å². The van der Waals surface area contributed by atoms with Crippen LogP contribution in [0.4, 0.5) is 11.4 Å². The average molecular weight is 404 g/mol. The summed E-state index contributed by atoms with van der Waals surface area (Å²) >= 11 is 0. The van der Waals surface area contributed by atoms with E-state index in [1.165, 1.54) is 18.2 Å². The number of nitrogens with one attached hydrogen (secondary N) is 1. The Kier molecular flexibility index (Phi) is 6.03. The Morgan fingerprint density at radius 1 is 1.00 bits per heavy atom. The lowest BCUT2D eigenvalue weighted by molar-refractivity contribution is 0.0998. The highest BCUT2D eigenvalue weighted by Crippen LogP contribution is 2.32. The molecular weight excluding hydrogens is 380 g/mol. The summed E-state index contributed by atoms with van der Waals surface area (Å²) in [5, 5.41) is 12.8. The highest BCUT2D eigenvalue weighted by atomic mass is 16.3. The summed E-state index contributed by atoms with van der Waals surface area (Å²) in [4.78, 5) is 26.5. The molecule has 154 valence electrons. The third kappa shape index (κ3) is 4.42. The summed E-state index contributed by atoms with van der Waals surface area (Å²) in [6.07, 6.45) is 0. The van der Waals surface area contributed by atoms with Gasteiger partial charge >= 0.3 is 0 Å². The van der Waals surface area contributed by atoms with E-state index in [4.69, 9.17) is 11.5 Å². The van der Waals surface area contributed by atoms with Gasteiger partial charge in [0.1, 0.15) is 5.75 Å². The van der Waals surface area contributed by atoms with Crippen LogP contribution in [0.3, 0.4) is 0 Å². The van der Waals surface area contributed by atoms with Crippen LogP contribution >= 0.6 is 0 Å². The van der Waals surface area contributed by atoms with Gasteiger partial charge in [0.25, 0.3) is 5.91 Å². The van der Waals surface area contributed by atoms with E-state index in [2.05, 4.69) is 5.32 Å². The summed E-state index contributed by atoms with van der Waals surface area (Å²) in [6.45, 7) is 0.211. The number of carbonyl (C=O) groups is 2. The van der Waals surface area contributed by atoms with Crippen LogP contribution in [0.15, 0.2) is 60.7 Å². The lowest BCUT2D eigenvalue weighted by Crippen LogP contribution is -2.15. The fourth-order valence-electron chi connectivity index (χ4n) is 3.18. The van der Waals surface area contributed by atoms with E-state index in [1.54, 1.807) is 30.3 Å². The number of phenolic OH excluding ortho intramolecular Hbond substituents is 1. The molecule has 0 saturated heterocycles. The topological polar surface area (TPSA) is 122 Å². The molecule has 3 aromatic carbocycles. The van der Waals surface area contributed by atoms with Crippen molar-refractivity contribution in [3.63, 3.8) is 0 Å². The van der Waals surface area contributed by atoms with Gasteiger partial charge in [0, 0.05) is 43.1 Å². The standard InChI is InChI=1S/C23H24N4O3/c1-27(2)17-5-3-4-14(10-17)23(30)26-16-7-6-15(13-24)20(11-16)21-12-18(28)8-9-19(21)22(25)29/h3-12,28H,13,24H2,1-2H3,(H2,25,29)(H,26,30). The van der Waals surface area contributed by atoms with Gasteiger partial charge < -0.3 is 26.8 Å². The summed E-state index contributed by atoms with van der Waals surface area (Å²) in [5.41, 5.74) is 15.4. The molecule has 0 spiro atoms. The molecule has 7 nitrogen and oxygen atoms in total. The predicted molar refractivity (Wildman–Crippen MR) is 119 cm³/mol. The molecule has 3 rings (SSSR count). The van der Waals surface area contributed by atoms with Gasteiger partial charge in [-0.1, -0.05) is 12.1 Å². The minimum atomic E-state index is -0.622. The highest BCUT2D eigenvalue weighted by molar-refractivity contribution is 6.05. The van der Waals surface area contributed by atoms with Crippen LogP contribution in [-0.2, 0) is 6.54 Å². The number of rotatable bonds is 6. The predicted octanol–water partition coefficient (Wildman–Crippen LogP) is 2.94. The number of phenols is 1. The summed E-state index contributed by atoms with van der Waals surface area (Å²) in [7, 11) is 3.81. The molecule has 0 atom stereocenters. The third-order valence-corrected chi connectivity index (χ3v) is 4.77. The number of nitrogens with two attached hydrogens (primary N) is 2. The maximum absolute atomic E-state index is 12.8. The van der Waals surface area contributed by atoms with E-state index in [9.17, 15) is 14.7 Å². The smallest absolute Gasteiger partial charge is 0.255 e. The van der Waals surface area contributed by atoms with Gasteiger partial charge in [0.05, 0.1) is 0 Å². The molecule has 7 heteroatoms. The zero-order valence-corrected chi connectivity index (χ0v) is 16.8. The molecule has 6 N–H and O–H groups in total. The lowest BCUT2D eigenvalue weighted by Gasteiger charge is -2.15. The van der Waals surface area contributed by atoms with E-state index in [-0.39, 0.29) is 23.8 Å². The molecule has 0 aliphatic rings. The first-order valence-electron chi connectivity index (χ1n) is 9.35. The molecule has 30 heavy (non-hydrogen) atoms. The molecule has 0 heterocycles. The van der Waals surface area contributed by atoms with Crippen LogP contribution in [-0.4, -0.2) is 31.0 Å². The van der Waals surface area contributed by atoms with Crippen LogP contribution in [0.5, 0.6) is 5.75 Å². The molecule has 0 aromatic heterocycles. The van der Waals surface area contributed by atoms with E-state index < -0.39 is 5.91 Å². The van der Waals surface area contributed by atoms with Crippen LogP contribution < -0.4 is 21.7 Å². The number of amides is 2. The van der Waals surface area contributed by atoms with Crippen LogP contribution in [0, 0.1) is 0 Å². The molecule has 0 fully saturated rings. The highest BCUT2D eigenvalue weighted by Gasteiger charge is 2.16. The number of hydrogen-bond acceptors (Lipinski definition) is 5. The first kappa shape index (κ1) is 20.9. The average Bonchev–Trinajstić information content (AvgIpc) is 2.73. The summed E-state index contributed by atoms with van der Waals surface area (Å²) in [6, 6.07) is 16.8. The largest absolute Gasteiger partial charge is 0.508 e. The number of aromatic hydroxyl groups is 1. The molecule has 3 aromatic rings. The Labute approximate surface area is 174 Å². The van der Waals surface area contributed by atoms with Gasteiger partial charge in [0.15, 0.2) is 0 Å². The van der Waals surface area contributed by atoms with Crippen molar-refractivity contribution in [3.8, 4) is 16.9 Å². The zero-order chi connectivity index (χ0) is 21.8. The molecular formula is C23H24N4O3. The minimum Gasteiger partial charge on any atom is -0.508 e. The maximum Gasteiger partial charge on any atom is 0.255 e. The van der Waals surface area contributed by atoms with Crippen molar-refractivity contribution >= 4 is 23.2 Å². The van der Waals surface area contributed by atoms with E-state index >= 15 is 0 Å². The van der Waals surface area contributed by atoms with Gasteiger partial charge in [-0.15, -0.1) is 0 Å². The van der Waals surface area contributed by atoms with Gasteiger partial charge in [-0.05, 0) is 65.2 Å². The molecule has 0 bridgehead atoms. The SMILES string of the molecule is CN(C)c1cccc(C(=O)Nc2ccc(CN)c(-c3cc(O)ccc3C(N)=O)c2)c1. The second kappa shape index (κ2) is 8.67. The second-order valence-corrected chi connectivity index (χ2v) is 7.07. The third-order valence-electron chi connectivity index (χ3n) is 4.77. The van der Waals surface area contributed by atoms with Gasteiger partial charge in [-0.3, -0.25) is 9.59 Å². The molecule has 2 amide bonds. The Morgan fingerprint density at radius 2 is 1.77 bits per heavy atom. The fourth-order valence-corrected chi connectivity index (χ4v) is 3.18. The molecule has 0 unspecified atom stereocenters. The van der Waals surface area contributed by atoms with Crippen molar-refractivity contribution in [3.05, 3.63) is 77.4 Å². The van der Waals surface area contributed by atoms with Crippen LogP contribution in [0.1, 0.15) is 26.3 Å². The Balaban J connectivity index is 2.00. The van der Waals surface area contributed by atoms with E-state index in [0.717, 1.165) is 11.3 Å². The van der Waals surface area contributed by atoms with E-state index in [0.29, 0.717) is 22.4 Å². The van der Waals surface area contributed by atoms with Crippen molar-refractivity contribution in [1.29, 1.82) is 0 Å². The van der Waals surface area contributed by atoms with Gasteiger partial charge in [0.2, 0.25) is 5.91 Å². The second-order valence-electron chi connectivity index (χ2n) is 7.07. The summed E-state index contributed by atoms with van der Waals surface area (Å²) in [5.74, 6) is -0.896. The van der Waals surface area contributed by atoms with Crippen molar-refractivity contribution in [2.45, 2.75) is 6.54 Å². The fraction of sp³-hybridized carbons (Fsp3) is 0.130. The Hall–Kier alpha value is -3.84. The molecule has 0 radical (unpaired) electrons. The minimum absolute atomic E-state index is 0.00656. The number of nitrogens with zero attached hydrogens (tertiary/aromatic N) is 1. The van der Waals surface area contributed by atoms with Crippen molar-refractivity contribution < 1.29 is 14.7 Å². The summed E-state index contributed by atoms with van der Waals surface area (Å²) < 4.78 is 0. The lowest BCUT2D eigenvalue weighted by atomic mass is 9.94. The van der Waals surface area contributed by atoms with Crippen molar-refractivity contribution in [2.75, 3.05) is 24.3 Å². The monoisotopic (exact) mass is 404 g/mol. The van der Waals surface area contributed by atoms with E-state index in [1.807, 2.05) is 31.1 Å². The van der Waals surface area contributed by atoms with Gasteiger partial charge in [-0.25, -0.2) is 0 Å². The molecule has 0 saturated carbocycles. The number of hydrogen-bond donors (Lipinski definition) is 4. The number of benzene rings is 3. The molecule has 0 aliphatic heterocycles. The number of anilines is 2. The first-order chi connectivity index (χ1) is 14.3. The normalized spacial score (nSPS) is 10.5. The van der Waals surface area contributed by atoms with Crippen LogP contribution in [0.25, 0.3) is 11.1 Å². The Bertz CT molecular complexity index is 1110. The van der Waals surface area contributed by atoms with Crippen molar-refractivity contribution in [2.24, 2.45) is 11.5 Å². The maximum atomic E-state index is 12.8. The quantitative estimate of drug-likeness (QED) is 0.503. The molecule has 0 aliphatic carbocycles. The number of primary amides is 1.